The molecule has 8 heteroatoms. The van der Waals surface area contributed by atoms with Crippen molar-refractivity contribution in [1.29, 1.82) is 0 Å². The Kier molecular flexibility index (Phi) is 7.54. The number of guanidine groups is 1. The van der Waals surface area contributed by atoms with E-state index in [2.05, 4.69) is 15.6 Å². The molecule has 0 aliphatic heterocycles. The predicted octanol–water partition coefficient (Wildman–Crippen LogP) is 3.19. The Morgan fingerprint density at radius 1 is 1.16 bits per heavy atom. The van der Waals surface area contributed by atoms with Gasteiger partial charge in [-0.05, 0) is 38.5 Å². The molecule has 0 fully saturated rings. The molecule has 2 N–H and O–H groups in total. The van der Waals surface area contributed by atoms with Gasteiger partial charge in [0.25, 0.3) is 0 Å². The second-order valence-electron chi connectivity index (χ2n) is 6.38. The highest BCUT2D eigenvalue weighted by Gasteiger charge is 2.34. The number of nitrogens with one attached hydrogen (secondary N) is 2. The smallest absolute Gasteiger partial charge is 0.416 e. The molecule has 0 radical (unpaired) electrons. The van der Waals surface area contributed by atoms with Gasteiger partial charge in [0.2, 0.25) is 0 Å². The van der Waals surface area contributed by atoms with Gasteiger partial charge in [0, 0.05) is 27.2 Å². The van der Waals surface area contributed by atoms with Crippen molar-refractivity contribution in [2.75, 3.05) is 27.3 Å². The highest BCUT2D eigenvalue weighted by Crippen LogP contribution is 2.35. The summed E-state index contributed by atoms with van der Waals surface area (Å²) in [5.74, 6) is 0.589. The lowest BCUT2D eigenvalue weighted by Crippen LogP contribution is -2.38. The topological polar surface area (TPSA) is 54.9 Å². The van der Waals surface area contributed by atoms with E-state index < -0.39 is 17.3 Å². The summed E-state index contributed by atoms with van der Waals surface area (Å²) >= 11 is 0. The van der Waals surface area contributed by atoms with Crippen LogP contribution in [0.5, 0.6) is 5.75 Å². The summed E-state index contributed by atoms with van der Waals surface area (Å²) in [6.45, 7) is 6.30. The van der Waals surface area contributed by atoms with E-state index in [1.807, 2.05) is 0 Å². The third-order valence-corrected chi connectivity index (χ3v) is 3.08. The lowest BCUT2D eigenvalue weighted by atomic mass is 10.1. The molecule has 0 bridgehead atoms. The van der Waals surface area contributed by atoms with E-state index in [9.17, 15) is 13.2 Å². The number of halogens is 3. The van der Waals surface area contributed by atoms with Crippen molar-refractivity contribution in [3.63, 3.8) is 0 Å². The lowest BCUT2D eigenvalue weighted by molar-refractivity contribution is -0.138. The van der Waals surface area contributed by atoms with Crippen molar-refractivity contribution in [3.05, 3.63) is 29.3 Å². The molecule has 0 atom stereocenters. The summed E-state index contributed by atoms with van der Waals surface area (Å²) in [6, 6.07) is 3.99. The minimum Gasteiger partial charge on any atom is -0.488 e. The van der Waals surface area contributed by atoms with Crippen LogP contribution in [0.2, 0.25) is 0 Å². The molecule has 0 aliphatic rings. The van der Waals surface area contributed by atoms with E-state index in [1.54, 1.807) is 41.0 Å². The number of benzene rings is 1. The molecule has 142 valence electrons. The molecule has 0 saturated carbocycles. The van der Waals surface area contributed by atoms with Gasteiger partial charge in [-0.1, -0.05) is 6.07 Å². The van der Waals surface area contributed by atoms with E-state index in [4.69, 9.17) is 9.47 Å². The average molecular weight is 361 g/mol. The predicted molar refractivity (Wildman–Crippen MR) is 91.9 cm³/mol. The zero-order valence-electron chi connectivity index (χ0n) is 15.3. The highest BCUT2D eigenvalue weighted by atomic mass is 19.4. The largest absolute Gasteiger partial charge is 0.488 e. The van der Waals surface area contributed by atoms with Crippen molar-refractivity contribution in [2.24, 2.45) is 4.99 Å². The number of aliphatic imine (C=N–C) groups is 1. The second kappa shape index (κ2) is 8.94. The molecule has 1 aromatic carbocycles. The van der Waals surface area contributed by atoms with E-state index in [1.165, 1.54) is 6.07 Å². The Bertz CT molecular complexity index is 581. The summed E-state index contributed by atoms with van der Waals surface area (Å²) in [5.41, 5.74) is -1.19. The van der Waals surface area contributed by atoms with Crippen molar-refractivity contribution in [2.45, 2.75) is 39.1 Å². The molecule has 0 saturated heterocycles. The van der Waals surface area contributed by atoms with Gasteiger partial charge >= 0.3 is 6.18 Å². The third-order valence-electron chi connectivity index (χ3n) is 3.08. The van der Waals surface area contributed by atoms with Crippen LogP contribution in [0.4, 0.5) is 13.2 Å². The van der Waals surface area contributed by atoms with Gasteiger partial charge in [0.1, 0.15) is 11.4 Å². The fraction of sp³-hybridized carbons (Fsp3) is 0.588. The molecule has 5 nitrogen and oxygen atoms in total. The summed E-state index contributed by atoms with van der Waals surface area (Å²) in [5, 5.41) is 5.82. The van der Waals surface area contributed by atoms with E-state index in [0.29, 0.717) is 19.1 Å². The summed E-state index contributed by atoms with van der Waals surface area (Å²) in [4.78, 5) is 3.97. The number of hydrogen-bond donors (Lipinski definition) is 2. The average Bonchev–Trinajstić information content (AvgIpc) is 2.49. The van der Waals surface area contributed by atoms with E-state index in [0.717, 1.165) is 6.07 Å². The van der Waals surface area contributed by atoms with Gasteiger partial charge in [-0.15, -0.1) is 0 Å². The van der Waals surface area contributed by atoms with Crippen LogP contribution in [-0.2, 0) is 17.5 Å². The zero-order valence-corrected chi connectivity index (χ0v) is 15.3. The van der Waals surface area contributed by atoms with Gasteiger partial charge in [-0.3, -0.25) is 4.99 Å². The minimum absolute atomic E-state index is 0.0166. The first-order valence-corrected chi connectivity index (χ1v) is 7.89. The molecular weight excluding hydrogens is 335 g/mol. The Hall–Kier alpha value is -1.96. The monoisotopic (exact) mass is 361 g/mol. The number of rotatable bonds is 6. The first-order valence-electron chi connectivity index (χ1n) is 7.89. The van der Waals surface area contributed by atoms with Crippen LogP contribution in [0.3, 0.4) is 0 Å². The molecular formula is C17H26F3N3O2. The van der Waals surface area contributed by atoms with Crippen LogP contribution in [0, 0.1) is 0 Å². The normalized spacial score (nSPS) is 12.9. The molecule has 0 aliphatic carbocycles. The summed E-state index contributed by atoms with van der Waals surface area (Å²) in [6.07, 6.45) is -4.47. The van der Waals surface area contributed by atoms with Gasteiger partial charge in [-0.25, -0.2) is 0 Å². The van der Waals surface area contributed by atoms with Gasteiger partial charge < -0.3 is 20.1 Å². The molecule has 0 unspecified atom stereocenters. The maximum Gasteiger partial charge on any atom is 0.416 e. The van der Waals surface area contributed by atoms with Crippen molar-refractivity contribution in [3.8, 4) is 5.75 Å². The maximum absolute atomic E-state index is 13.4. The number of nitrogens with zero attached hydrogens (tertiary/aromatic N) is 1. The molecule has 25 heavy (non-hydrogen) atoms. The molecule has 0 spiro atoms. The Labute approximate surface area is 146 Å². The standard InChI is InChI=1S/C17H26F3N3O2/c1-16(2,3)25-13-7-6-12(14(10-13)17(18,19)20)11-23-15(21-4)22-8-9-24-5/h6-7,10H,8-9,11H2,1-5H3,(H2,21,22,23). The summed E-state index contributed by atoms with van der Waals surface area (Å²) in [7, 11) is 3.11. The van der Waals surface area contributed by atoms with E-state index >= 15 is 0 Å². The molecule has 0 amide bonds. The van der Waals surface area contributed by atoms with Crippen LogP contribution in [-0.4, -0.2) is 38.9 Å². The molecule has 0 heterocycles. The van der Waals surface area contributed by atoms with Crippen molar-refractivity contribution in [1.82, 2.24) is 10.6 Å². The summed E-state index contributed by atoms with van der Waals surface area (Å²) < 4.78 is 50.6. The van der Waals surface area contributed by atoms with Gasteiger partial charge in [0.15, 0.2) is 5.96 Å². The number of methoxy groups -OCH3 is 1. The second-order valence-corrected chi connectivity index (χ2v) is 6.38. The first-order chi connectivity index (χ1) is 11.6. The van der Waals surface area contributed by atoms with Crippen molar-refractivity contribution >= 4 is 5.96 Å². The Balaban J connectivity index is 2.91. The van der Waals surface area contributed by atoms with Crippen LogP contribution >= 0.6 is 0 Å². The molecule has 1 rings (SSSR count). The van der Waals surface area contributed by atoms with Crippen LogP contribution in [0.25, 0.3) is 0 Å². The van der Waals surface area contributed by atoms with Crippen LogP contribution < -0.4 is 15.4 Å². The Morgan fingerprint density at radius 3 is 2.36 bits per heavy atom. The fourth-order valence-corrected chi connectivity index (χ4v) is 2.06. The number of alkyl halides is 3. The van der Waals surface area contributed by atoms with Crippen molar-refractivity contribution < 1.29 is 22.6 Å². The highest BCUT2D eigenvalue weighted by molar-refractivity contribution is 5.79. The quantitative estimate of drug-likeness (QED) is 0.464. The zero-order chi connectivity index (χ0) is 19.1. The molecule has 1 aromatic rings. The SMILES string of the molecule is CN=C(NCCOC)NCc1ccc(OC(C)(C)C)cc1C(F)(F)F. The number of hydrogen-bond acceptors (Lipinski definition) is 3. The van der Waals surface area contributed by atoms with E-state index in [-0.39, 0.29) is 17.9 Å². The third kappa shape index (κ3) is 7.64. The molecule has 0 aromatic heterocycles. The lowest BCUT2D eigenvalue weighted by Gasteiger charge is -2.23. The Morgan fingerprint density at radius 2 is 1.84 bits per heavy atom. The van der Waals surface area contributed by atoms with Crippen LogP contribution in [0.15, 0.2) is 23.2 Å². The van der Waals surface area contributed by atoms with Crippen LogP contribution in [0.1, 0.15) is 31.9 Å². The fourth-order valence-electron chi connectivity index (χ4n) is 2.06. The first kappa shape index (κ1) is 21.1. The maximum atomic E-state index is 13.4. The minimum atomic E-state index is -4.47. The number of ether oxygens (including phenoxy) is 2. The van der Waals surface area contributed by atoms with Gasteiger partial charge in [-0.2, -0.15) is 13.2 Å². The van der Waals surface area contributed by atoms with Gasteiger partial charge in [0.05, 0.1) is 12.2 Å².